The molecule has 0 radical (unpaired) electrons. The molecule has 2 aromatic heterocycles. The Hall–Kier alpha value is -2.25. The average Bonchev–Trinajstić information content (AvgIpc) is 2.89. The molecular formula is C15H18N6S. The summed E-state index contributed by atoms with van der Waals surface area (Å²) < 4.78 is 4.21. The van der Waals surface area contributed by atoms with Gasteiger partial charge in [0.25, 0.3) is 0 Å². The second-order valence-corrected chi connectivity index (χ2v) is 5.73. The highest BCUT2D eigenvalue weighted by Crippen LogP contribution is 2.22. The van der Waals surface area contributed by atoms with Gasteiger partial charge in [0, 0.05) is 18.8 Å². The van der Waals surface area contributed by atoms with Crippen molar-refractivity contribution in [1.29, 1.82) is 0 Å². The molecule has 2 N–H and O–H groups in total. The number of para-hydroxylation sites is 1. The molecule has 6 nitrogen and oxygen atoms in total. The van der Waals surface area contributed by atoms with Crippen molar-refractivity contribution in [2.24, 2.45) is 0 Å². The first-order valence-corrected chi connectivity index (χ1v) is 7.42. The van der Waals surface area contributed by atoms with Crippen LogP contribution in [0.4, 0.5) is 5.82 Å². The van der Waals surface area contributed by atoms with Crippen molar-refractivity contribution in [2.45, 2.75) is 6.54 Å². The third kappa shape index (κ3) is 2.60. The Kier molecular flexibility index (Phi) is 3.91. The molecule has 0 saturated heterocycles. The normalized spacial score (nSPS) is 11.4. The zero-order valence-electron chi connectivity index (χ0n) is 12.6. The Bertz CT molecular complexity index is 850. The molecule has 0 amide bonds. The summed E-state index contributed by atoms with van der Waals surface area (Å²) in [6.45, 7) is 1.69. The number of anilines is 1. The summed E-state index contributed by atoms with van der Waals surface area (Å²) >= 11 is 5.38. The van der Waals surface area contributed by atoms with Crippen LogP contribution in [0.5, 0.6) is 0 Å². The van der Waals surface area contributed by atoms with E-state index in [1.54, 1.807) is 10.9 Å². The summed E-state index contributed by atoms with van der Waals surface area (Å²) in [6, 6.07) is 9.77. The van der Waals surface area contributed by atoms with Crippen LogP contribution in [0.1, 0.15) is 0 Å². The number of hydrogen-bond acceptors (Lipinski definition) is 5. The molecule has 0 atom stereocenters. The van der Waals surface area contributed by atoms with Crippen molar-refractivity contribution < 1.29 is 0 Å². The van der Waals surface area contributed by atoms with Gasteiger partial charge >= 0.3 is 0 Å². The summed E-state index contributed by atoms with van der Waals surface area (Å²) in [4.78, 5) is 10.9. The third-order valence-corrected chi connectivity index (χ3v) is 3.77. The maximum Gasteiger partial charge on any atom is 0.207 e. The number of fused-ring (bicyclic) bond motifs is 1. The highest BCUT2D eigenvalue weighted by atomic mass is 32.1. The molecule has 2 heterocycles. The van der Waals surface area contributed by atoms with Gasteiger partial charge in [0.05, 0.1) is 6.33 Å². The number of nitrogen functional groups attached to an aromatic ring is 1. The first-order valence-electron chi connectivity index (χ1n) is 7.01. The molecule has 0 aliphatic carbocycles. The van der Waals surface area contributed by atoms with E-state index in [2.05, 4.69) is 14.9 Å². The van der Waals surface area contributed by atoms with Gasteiger partial charge in [-0.05, 0) is 38.4 Å². The number of nitrogens with two attached hydrogens (primary N) is 1. The monoisotopic (exact) mass is 314 g/mol. The van der Waals surface area contributed by atoms with Crippen molar-refractivity contribution in [1.82, 2.24) is 24.0 Å². The van der Waals surface area contributed by atoms with Crippen LogP contribution in [0.3, 0.4) is 0 Å². The van der Waals surface area contributed by atoms with Crippen LogP contribution in [0.15, 0.2) is 36.7 Å². The van der Waals surface area contributed by atoms with Crippen LogP contribution < -0.4 is 5.73 Å². The Balaban J connectivity index is 2.18. The highest BCUT2D eigenvalue weighted by molar-refractivity contribution is 7.71. The van der Waals surface area contributed by atoms with Gasteiger partial charge in [0.1, 0.15) is 11.3 Å². The number of likely N-dealkylation sites (N-methyl/N-ethyl adjacent to an activating group) is 1. The summed E-state index contributed by atoms with van der Waals surface area (Å²) in [6.07, 6.45) is 1.77. The van der Waals surface area contributed by atoms with E-state index in [4.69, 9.17) is 18.0 Å². The lowest BCUT2D eigenvalue weighted by molar-refractivity contribution is 0.386. The minimum Gasteiger partial charge on any atom is -0.383 e. The zero-order valence-corrected chi connectivity index (χ0v) is 13.4. The van der Waals surface area contributed by atoms with Crippen LogP contribution in [-0.2, 0) is 6.54 Å². The molecule has 0 aliphatic heterocycles. The maximum atomic E-state index is 6.39. The first kappa shape index (κ1) is 14.7. The second-order valence-electron chi connectivity index (χ2n) is 5.36. The molecule has 0 bridgehead atoms. The van der Waals surface area contributed by atoms with Gasteiger partial charge in [-0.3, -0.25) is 4.57 Å². The van der Waals surface area contributed by atoms with E-state index in [0.717, 1.165) is 24.3 Å². The van der Waals surface area contributed by atoms with E-state index in [1.165, 1.54) is 0 Å². The van der Waals surface area contributed by atoms with E-state index in [1.807, 2.05) is 49.0 Å². The van der Waals surface area contributed by atoms with Crippen molar-refractivity contribution in [3.8, 4) is 5.69 Å². The molecule has 3 rings (SSSR count). The lowest BCUT2D eigenvalue weighted by Gasteiger charge is -2.14. The predicted octanol–water partition coefficient (Wildman–Crippen LogP) is 2.10. The number of hydrogen-bond donors (Lipinski definition) is 1. The topological polar surface area (TPSA) is 64.9 Å². The van der Waals surface area contributed by atoms with E-state index in [-0.39, 0.29) is 0 Å². The Morgan fingerprint density at radius 1 is 1.23 bits per heavy atom. The average molecular weight is 314 g/mol. The second kappa shape index (κ2) is 5.86. The number of benzene rings is 1. The standard InChI is InChI=1S/C15H18N6S/c1-19(2)8-9-20-10-17-14-12(20)13(16)21(15(22)18-14)11-6-4-3-5-7-11/h3-7,10H,8-9,16H2,1-2H3. The molecule has 7 heteroatoms. The predicted molar refractivity (Wildman–Crippen MR) is 90.7 cm³/mol. The molecule has 22 heavy (non-hydrogen) atoms. The largest absolute Gasteiger partial charge is 0.383 e. The molecule has 1 aromatic carbocycles. The summed E-state index contributed by atoms with van der Waals surface area (Å²) in [7, 11) is 4.07. The van der Waals surface area contributed by atoms with Crippen molar-refractivity contribution in [3.05, 3.63) is 41.4 Å². The van der Waals surface area contributed by atoms with Crippen LogP contribution >= 0.6 is 12.2 Å². The minimum atomic E-state index is 0.411. The van der Waals surface area contributed by atoms with Crippen LogP contribution in [0, 0.1) is 4.77 Å². The number of imidazole rings is 1. The smallest absolute Gasteiger partial charge is 0.207 e. The number of aromatic nitrogens is 4. The van der Waals surface area contributed by atoms with Crippen LogP contribution in [0.2, 0.25) is 0 Å². The lowest BCUT2D eigenvalue weighted by Crippen LogP contribution is -2.18. The van der Waals surface area contributed by atoms with Crippen molar-refractivity contribution >= 4 is 29.2 Å². The van der Waals surface area contributed by atoms with Gasteiger partial charge in [-0.25, -0.2) is 4.98 Å². The van der Waals surface area contributed by atoms with Gasteiger partial charge in [0.2, 0.25) is 4.77 Å². The Morgan fingerprint density at radius 2 is 1.95 bits per heavy atom. The van der Waals surface area contributed by atoms with E-state index in [0.29, 0.717) is 16.2 Å². The number of rotatable bonds is 4. The Morgan fingerprint density at radius 3 is 2.64 bits per heavy atom. The molecular weight excluding hydrogens is 296 g/mol. The van der Waals surface area contributed by atoms with E-state index in [9.17, 15) is 0 Å². The molecule has 3 aromatic rings. The van der Waals surface area contributed by atoms with Crippen LogP contribution in [0.25, 0.3) is 16.9 Å². The molecule has 114 valence electrons. The summed E-state index contributed by atoms with van der Waals surface area (Å²) in [5.41, 5.74) is 8.70. The molecule has 0 unspecified atom stereocenters. The number of nitrogens with zero attached hydrogens (tertiary/aromatic N) is 5. The van der Waals surface area contributed by atoms with Gasteiger partial charge in [0.15, 0.2) is 5.65 Å². The molecule has 0 fully saturated rings. The highest BCUT2D eigenvalue weighted by Gasteiger charge is 2.13. The quantitative estimate of drug-likeness (QED) is 0.747. The van der Waals surface area contributed by atoms with Crippen LogP contribution in [-0.4, -0.2) is 44.6 Å². The van der Waals surface area contributed by atoms with Gasteiger partial charge in [-0.15, -0.1) is 0 Å². The fourth-order valence-electron chi connectivity index (χ4n) is 2.37. The third-order valence-electron chi connectivity index (χ3n) is 3.50. The van der Waals surface area contributed by atoms with E-state index >= 15 is 0 Å². The molecule has 0 spiro atoms. The Labute approximate surface area is 133 Å². The maximum absolute atomic E-state index is 6.39. The van der Waals surface area contributed by atoms with E-state index < -0.39 is 0 Å². The fourth-order valence-corrected chi connectivity index (χ4v) is 2.66. The van der Waals surface area contributed by atoms with Gasteiger partial charge in [-0.2, -0.15) is 4.98 Å². The van der Waals surface area contributed by atoms with Crippen molar-refractivity contribution in [2.75, 3.05) is 26.4 Å². The SMILES string of the molecule is CN(C)CCn1cnc2nc(=S)n(-c3ccccc3)c(N)c21. The summed E-state index contributed by atoms with van der Waals surface area (Å²) in [5.74, 6) is 0.567. The fraction of sp³-hybridized carbons (Fsp3) is 0.267. The van der Waals surface area contributed by atoms with Gasteiger partial charge in [-0.1, -0.05) is 18.2 Å². The molecule has 0 saturated carbocycles. The first-order chi connectivity index (χ1) is 10.6. The summed E-state index contributed by atoms with van der Waals surface area (Å²) in [5, 5.41) is 0. The van der Waals surface area contributed by atoms with Gasteiger partial charge < -0.3 is 15.2 Å². The molecule has 0 aliphatic rings. The zero-order chi connectivity index (χ0) is 15.7. The lowest BCUT2D eigenvalue weighted by atomic mass is 10.3. The van der Waals surface area contributed by atoms with Crippen molar-refractivity contribution in [3.63, 3.8) is 0 Å². The minimum absolute atomic E-state index is 0.411.